The maximum Gasteiger partial charge on any atom is 0.306 e. The van der Waals surface area contributed by atoms with Gasteiger partial charge >= 0.3 is 5.91 Å². The second-order valence-corrected chi connectivity index (χ2v) is 7.50. The molecule has 8 nitrogen and oxygen atoms in total. The summed E-state index contributed by atoms with van der Waals surface area (Å²) in [5.41, 5.74) is 6.96. The molecule has 1 aromatic heterocycles. The molecule has 4 aromatic rings. The SMILES string of the molecule is N#Cc1cc(C(=O)NNC(=O)c2occc2-c2ccccc2OCCc2ccccc2)ccc1O. The summed E-state index contributed by atoms with van der Waals surface area (Å²) in [6, 6.07) is 24.5. The molecule has 4 rings (SSSR count). The molecule has 2 amide bonds. The Morgan fingerprint density at radius 3 is 2.46 bits per heavy atom. The summed E-state index contributed by atoms with van der Waals surface area (Å²) in [5, 5.41) is 18.6. The van der Waals surface area contributed by atoms with E-state index >= 15 is 0 Å². The number of phenolic OH excluding ortho intramolecular Hbond substituents is 1. The van der Waals surface area contributed by atoms with Gasteiger partial charge in [0.2, 0.25) is 5.76 Å². The average Bonchev–Trinajstić information content (AvgIpc) is 3.38. The van der Waals surface area contributed by atoms with Gasteiger partial charge in [-0.2, -0.15) is 5.26 Å². The second-order valence-electron chi connectivity index (χ2n) is 7.50. The molecule has 3 N–H and O–H groups in total. The number of hydrogen-bond acceptors (Lipinski definition) is 6. The number of nitriles is 1. The number of phenols is 1. The number of para-hydroxylation sites is 1. The first-order valence-corrected chi connectivity index (χ1v) is 10.7. The molecule has 0 bridgehead atoms. The van der Waals surface area contributed by atoms with Crippen molar-refractivity contribution in [1.82, 2.24) is 10.9 Å². The molecule has 35 heavy (non-hydrogen) atoms. The molecule has 0 atom stereocenters. The summed E-state index contributed by atoms with van der Waals surface area (Å²) in [6.45, 7) is 0.452. The third kappa shape index (κ3) is 5.49. The van der Waals surface area contributed by atoms with E-state index < -0.39 is 11.8 Å². The Balaban J connectivity index is 1.44. The number of hydrazine groups is 1. The topological polar surface area (TPSA) is 125 Å². The van der Waals surface area contributed by atoms with Crippen molar-refractivity contribution >= 4 is 11.8 Å². The fraction of sp³-hybridized carbons (Fsp3) is 0.0741. The van der Waals surface area contributed by atoms with Crippen LogP contribution in [0.5, 0.6) is 11.5 Å². The fourth-order valence-electron chi connectivity index (χ4n) is 3.45. The Bertz CT molecular complexity index is 1390. The number of rotatable bonds is 7. The van der Waals surface area contributed by atoms with E-state index in [2.05, 4.69) is 10.9 Å². The third-order valence-electron chi connectivity index (χ3n) is 5.21. The van der Waals surface area contributed by atoms with Gasteiger partial charge in [0.05, 0.1) is 18.4 Å². The smallest absolute Gasteiger partial charge is 0.306 e. The molecular formula is C27H21N3O5. The van der Waals surface area contributed by atoms with Crippen molar-refractivity contribution in [3.05, 3.63) is 108 Å². The first-order valence-electron chi connectivity index (χ1n) is 10.7. The van der Waals surface area contributed by atoms with E-state index in [1.165, 1.54) is 24.5 Å². The van der Waals surface area contributed by atoms with Crippen LogP contribution < -0.4 is 15.6 Å². The molecule has 0 fully saturated rings. The summed E-state index contributed by atoms with van der Waals surface area (Å²) in [4.78, 5) is 25.1. The number of amides is 2. The van der Waals surface area contributed by atoms with Crippen LogP contribution >= 0.6 is 0 Å². The molecule has 1 heterocycles. The van der Waals surface area contributed by atoms with Gasteiger partial charge in [-0.05, 0) is 35.9 Å². The monoisotopic (exact) mass is 467 g/mol. The van der Waals surface area contributed by atoms with E-state index in [4.69, 9.17) is 14.4 Å². The molecule has 0 unspecified atom stereocenters. The van der Waals surface area contributed by atoms with Crippen LogP contribution in [0.4, 0.5) is 0 Å². The van der Waals surface area contributed by atoms with Gasteiger partial charge in [-0.3, -0.25) is 20.4 Å². The van der Waals surface area contributed by atoms with Crippen molar-refractivity contribution in [2.45, 2.75) is 6.42 Å². The van der Waals surface area contributed by atoms with Crippen LogP contribution in [0.2, 0.25) is 0 Å². The zero-order chi connectivity index (χ0) is 24.6. The van der Waals surface area contributed by atoms with Gasteiger partial charge in [0.15, 0.2) is 0 Å². The summed E-state index contributed by atoms with van der Waals surface area (Å²) >= 11 is 0. The van der Waals surface area contributed by atoms with Crippen molar-refractivity contribution in [2.75, 3.05) is 6.61 Å². The van der Waals surface area contributed by atoms with Crippen molar-refractivity contribution in [2.24, 2.45) is 0 Å². The molecular weight excluding hydrogens is 446 g/mol. The molecule has 174 valence electrons. The minimum absolute atomic E-state index is 0.00664. The minimum atomic E-state index is -0.670. The second kappa shape index (κ2) is 10.7. The average molecular weight is 467 g/mol. The summed E-state index contributed by atoms with van der Waals surface area (Å²) in [6.07, 6.45) is 2.11. The van der Waals surface area contributed by atoms with Gasteiger partial charge in [0.1, 0.15) is 17.6 Å². The lowest BCUT2D eigenvalue weighted by Gasteiger charge is -2.12. The standard InChI is InChI=1S/C27H21N3O5/c28-17-20-16-19(10-11-23(20)31)26(32)29-30-27(33)25-22(13-15-35-25)21-8-4-5-9-24(21)34-14-12-18-6-2-1-3-7-18/h1-11,13,15-16,31H,12,14H2,(H,29,32)(H,30,33). The van der Waals surface area contributed by atoms with Crippen LogP contribution in [0, 0.1) is 11.3 Å². The van der Waals surface area contributed by atoms with E-state index in [0.29, 0.717) is 23.5 Å². The quantitative estimate of drug-likeness (QED) is 0.350. The van der Waals surface area contributed by atoms with E-state index in [0.717, 1.165) is 12.0 Å². The van der Waals surface area contributed by atoms with Crippen molar-refractivity contribution < 1.29 is 23.8 Å². The van der Waals surface area contributed by atoms with E-state index in [-0.39, 0.29) is 22.6 Å². The van der Waals surface area contributed by atoms with E-state index in [1.54, 1.807) is 12.1 Å². The largest absolute Gasteiger partial charge is 0.507 e. The Morgan fingerprint density at radius 2 is 1.66 bits per heavy atom. The van der Waals surface area contributed by atoms with Crippen molar-refractivity contribution in [3.63, 3.8) is 0 Å². The van der Waals surface area contributed by atoms with Crippen molar-refractivity contribution in [1.29, 1.82) is 5.26 Å². The number of nitrogens with one attached hydrogen (secondary N) is 2. The summed E-state index contributed by atoms with van der Waals surface area (Å²) in [7, 11) is 0. The zero-order valence-electron chi connectivity index (χ0n) is 18.5. The molecule has 0 radical (unpaired) electrons. The number of aromatic hydroxyl groups is 1. The fourth-order valence-corrected chi connectivity index (χ4v) is 3.45. The summed E-state index contributed by atoms with van der Waals surface area (Å²) < 4.78 is 11.4. The van der Waals surface area contributed by atoms with E-state index in [9.17, 15) is 14.7 Å². The predicted octanol–water partition coefficient (Wildman–Crippen LogP) is 4.22. The van der Waals surface area contributed by atoms with Gasteiger partial charge < -0.3 is 14.3 Å². The molecule has 0 saturated heterocycles. The van der Waals surface area contributed by atoms with Gasteiger partial charge in [-0.25, -0.2) is 0 Å². The Hall–Kier alpha value is -5.03. The molecule has 0 aliphatic rings. The molecule has 0 aliphatic carbocycles. The summed E-state index contributed by atoms with van der Waals surface area (Å²) in [5.74, 6) is -0.980. The maximum absolute atomic E-state index is 12.8. The lowest BCUT2D eigenvalue weighted by molar-refractivity contribution is 0.0831. The predicted molar refractivity (Wildman–Crippen MR) is 128 cm³/mol. The highest BCUT2D eigenvalue weighted by Crippen LogP contribution is 2.33. The lowest BCUT2D eigenvalue weighted by atomic mass is 10.0. The zero-order valence-corrected chi connectivity index (χ0v) is 18.5. The lowest BCUT2D eigenvalue weighted by Crippen LogP contribution is -2.41. The van der Waals surface area contributed by atoms with Crippen molar-refractivity contribution in [3.8, 4) is 28.7 Å². The number of ether oxygens (including phenoxy) is 1. The Labute approximate surface area is 201 Å². The molecule has 0 spiro atoms. The van der Waals surface area contributed by atoms with Gasteiger partial charge in [0, 0.05) is 23.1 Å². The molecule has 0 aliphatic heterocycles. The van der Waals surface area contributed by atoms with Crippen LogP contribution in [-0.2, 0) is 6.42 Å². The van der Waals surface area contributed by atoms with Crippen LogP contribution in [0.3, 0.4) is 0 Å². The number of nitrogens with zero attached hydrogens (tertiary/aromatic N) is 1. The highest BCUT2D eigenvalue weighted by molar-refractivity contribution is 6.01. The van der Waals surface area contributed by atoms with Crippen LogP contribution in [0.25, 0.3) is 11.1 Å². The first kappa shape index (κ1) is 23.1. The third-order valence-corrected chi connectivity index (χ3v) is 5.21. The van der Waals surface area contributed by atoms with Crippen LogP contribution in [0.15, 0.2) is 89.5 Å². The van der Waals surface area contributed by atoms with Crippen LogP contribution in [-0.4, -0.2) is 23.5 Å². The highest BCUT2D eigenvalue weighted by atomic mass is 16.5. The Kier molecular flexibility index (Phi) is 7.09. The number of carbonyl (C=O) groups excluding carboxylic acids is 2. The van der Waals surface area contributed by atoms with Crippen LogP contribution in [0.1, 0.15) is 32.0 Å². The molecule has 0 saturated carbocycles. The highest BCUT2D eigenvalue weighted by Gasteiger charge is 2.20. The normalized spacial score (nSPS) is 10.3. The number of furan rings is 1. The molecule has 8 heteroatoms. The number of carbonyl (C=O) groups is 2. The first-order chi connectivity index (χ1) is 17.1. The van der Waals surface area contributed by atoms with Gasteiger partial charge in [-0.15, -0.1) is 0 Å². The van der Waals surface area contributed by atoms with Gasteiger partial charge in [-0.1, -0.05) is 48.5 Å². The van der Waals surface area contributed by atoms with Gasteiger partial charge in [0.25, 0.3) is 5.91 Å². The number of benzene rings is 3. The number of hydrogen-bond donors (Lipinski definition) is 3. The Morgan fingerprint density at radius 1 is 0.914 bits per heavy atom. The maximum atomic E-state index is 12.8. The van der Waals surface area contributed by atoms with E-state index in [1.807, 2.05) is 54.6 Å². The minimum Gasteiger partial charge on any atom is -0.507 e. The molecule has 3 aromatic carbocycles.